The van der Waals surface area contributed by atoms with E-state index in [0.29, 0.717) is 0 Å². The van der Waals surface area contributed by atoms with Gasteiger partial charge in [-0.25, -0.2) is 0 Å². The molecule has 15 heavy (non-hydrogen) atoms. The van der Waals surface area contributed by atoms with Crippen LogP contribution in [0.2, 0.25) is 52.4 Å². The van der Waals surface area contributed by atoms with Crippen LogP contribution in [0.3, 0.4) is 0 Å². The van der Waals surface area contributed by atoms with Crippen molar-refractivity contribution in [3.63, 3.8) is 0 Å². The van der Waals surface area contributed by atoms with E-state index in [0.717, 1.165) is 0 Å². The average molecular weight is 285 g/mol. The van der Waals surface area contributed by atoms with Crippen molar-refractivity contribution in [3.8, 4) is 0 Å². The molecule has 0 bridgehead atoms. The highest BCUT2D eigenvalue weighted by Crippen LogP contribution is 2.19. The number of rotatable bonds is 4. The Balaban J connectivity index is 0. The second-order valence-corrected chi connectivity index (χ2v) is 18.7. The SMILES string of the molecule is CP.C[Si](C)(C)O[Si](C)(C)O[Si](C)(C)C. The van der Waals surface area contributed by atoms with Crippen LogP contribution in [-0.4, -0.2) is 31.9 Å². The van der Waals surface area contributed by atoms with Crippen molar-refractivity contribution in [2.24, 2.45) is 0 Å². The molecule has 0 aromatic carbocycles. The van der Waals surface area contributed by atoms with Gasteiger partial charge in [0.05, 0.1) is 0 Å². The largest absolute Gasteiger partial charge is 0.437 e. The molecule has 6 heteroatoms. The molecule has 0 radical (unpaired) electrons. The van der Waals surface area contributed by atoms with Crippen LogP contribution in [0.1, 0.15) is 0 Å². The maximum absolute atomic E-state index is 6.09. The molecule has 2 nitrogen and oxygen atoms in total. The van der Waals surface area contributed by atoms with Gasteiger partial charge in [-0.15, -0.1) is 9.24 Å². The van der Waals surface area contributed by atoms with E-state index >= 15 is 0 Å². The van der Waals surface area contributed by atoms with Crippen molar-refractivity contribution >= 4 is 34.4 Å². The van der Waals surface area contributed by atoms with Crippen molar-refractivity contribution in [2.45, 2.75) is 52.4 Å². The molecule has 0 saturated carbocycles. The summed E-state index contributed by atoms with van der Waals surface area (Å²) in [5.74, 6) is 0. The molecular weight excluding hydrogens is 255 g/mol. The Labute approximate surface area is 102 Å². The third-order valence-corrected chi connectivity index (χ3v) is 9.94. The smallest absolute Gasteiger partial charge is 0.311 e. The Morgan fingerprint density at radius 3 is 0.933 bits per heavy atom. The molecule has 0 saturated heterocycles. The third kappa shape index (κ3) is 15.0. The van der Waals surface area contributed by atoms with E-state index in [9.17, 15) is 0 Å². The standard InChI is InChI=1S/C8H24O2Si3.CH5P/c1-11(2,3)9-13(7,8)10-12(4,5)6;1-2/h1-8H3;2H2,1H3. The van der Waals surface area contributed by atoms with E-state index in [1.807, 2.05) is 6.66 Å². The molecule has 1 unspecified atom stereocenters. The van der Waals surface area contributed by atoms with E-state index in [1.54, 1.807) is 0 Å². The molecule has 0 aromatic heterocycles. The average Bonchev–Trinajstić information content (AvgIpc) is 1.79. The number of hydrogen-bond donors (Lipinski definition) is 0. The van der Waals surface area contributed by atoms with E-state index in [4.69, 9.17) is 8.23 Å². The monoisotopic (exact) mass is 284 g/mol. The highest BCUT2D eigenvalue weighted by molar-refractivity contribution is 7.15. The molecular formula is C9H29O2PSi3. The van der Waals surface area contributed by atoms with Gasteiger partial charge in [-0.3, -0.25) is 0 Å². The maximum atomic E-state index is 6.09. The molecule has 0 amide bonds. The van der Waals surface area contributed by atoms with Gasteiger partial charge < -0.3 is 8.23 Å². The van der Waals surface area contributed by atoms with Crippen LogP contribution in [-0.2, 0) is 8.23 Å². The van der Waals surface area contributed by atoms with Crippen molar-refractivity contribution in [1.82, 2.24) is 0 Å². The fraction of sp³-hybridized carbons (Fsp3) is 1.00. The van der Waals surface area contributed by atoms with Crippen molar-refractivity contribution in [2.75, 3.05) is 6.66 Å². The van der Waals surface area contributed by atoms with Crippen molar-refractivity contribution in [1.29, 1.82) is 0 Å². The maximum Gasteiger partial charge on any atom is 0.311 e. The summed E-state index contributed by atoms with van der Waals surface area (Å²) in [7, 11) is -2.30. The Hall–Kier alpha value is 1.00. The Morgan fingerprint density at radius 1 is 0.600 bits per heavy atom. The summed E-state index contributed by atoms with van der Waals surface area (Å²) in [6, 6.07) is 0. The zero-order valence-corrected chi connectivity index (χ0v) is 16.0. The van der Waals surface area contributed by atoms with Crippen LogP contribution in [0.15, 0.2) is 0 Å². The molecule has 94 valence electrons. The molecule has 0 heterocycles. The van der Waals surface area contributed by atoms with Crippen molar-refractivity contribution in [3.05, 3.63) is 0 Å². The van der Waals surface area contributed by atoms with Crippen LogP contribution < -0.4 is 0 Å². The molecule has 0 rings (SSSR count). The Morgan fingerprint density at radius 2 is 0.800 bits per heavy atom. The lowest BCUT2D eigenvalue weighted by Gasteiger charge is -2.35. The summed E-state index contributed by atoms with van der Waals surface area (Å²) >= 11 is 0. The molecule has 0 aromatic rings. The summed E-state index contributed by atoms with van der Waals surface area (Å²) in [5.41, 5.74) is 0. The zero-order valence-electron chi connectivity index (χ0n) is 11.9. The first kappa shape index (κ1) is 18.4. The van der Waals surface area contributed by atoms with E-state index in [2.05, 4.69) is 61.6 Å². The predicted octanol–water partition coefficient (Wildman–Crippen LogP) is 3.88. The molecule has 0 fully saturated rings. The van der Waals surface area contributed by atoms with Crippen molar-refractivity contribution < 1.29 is 8.23 Å². The Bertz CT molecular complexity index is 155. The van der Waals surface area contributed by atoms with Crippen LogP contribution in [0.25, 0.3) is 0 Å². The van der Waals surface area contributed by atoms with Gasteiger partial charge in [0.1, 0.15) is 0 Å². The van der Waals surface area contributed by atoms with Crippen LogP contribution in [0.4, 0.5) is 0 Å². The Kier molecular flexibility index (Phi) is 8.16. The first-order valence-corrected chi connectivity index (χ1v) is 16.2. The molecule has 0 aliphatic heterocycles. The summed E-state index contributed by atoms with van der Waals surface area (Å²) in [5, 5.41) is 0. The predicted molar refractivity (Wildman–Crippen MR) is 82.0 cm³/mol. The lowest BCUT2D eigenvalue weighted by molar-refractivity contribution is 0.395. The van der Waals surface area contributed by atoms with Crippen LogP contribution in [0.5, 0.6) is 0 Å². The lowest BCUT2D eigenvalue weighted by Crippen LogP contribution is -2.50. The normalized spacial score (nSPS) is 13.2. The van der Waals surface area contributed by atoms with Crippen LogP contribution in [0, 0.1) is 0 Å². The van der Waals surface area contributed by atoms with Gasteiger partial charge >= 0.3 is 8.56 Å². The second kappa shape index (κ2) is 6.67. The zero-order chi connectivity index (χ0) is 12.9. The molecule has 0 aliphatic rings. The molecule has 1 atom stereocenters. The van der Waals surface area contributed by atoms with E-state index in [1.165, 1.54) is 0 Å². The molecule has 0 N–H and O–H groups in total. The van der Waals surface area contributed by atoms with Gasteiger partial charge in [0.15, 0.2) is 16.6 Å². The van der Waals surface area contributed by atoms with Crippen LogP contribution >= 0.6 is 9.24 Å². The van der Waals surface area contributed by atoms with E-state index < -0.39 is 25.2 Å². The summed E-state index contributed by atoms with van der Waals surface area (Å²) in [4.78, 5) is 0. The minimum atomic E-state index is -1.85. The fourth-order valence-corrected chi connectivity index (χ4v) is 13.8. The molecule has 0 aliphatic carbocycles. The lowest BCUT2D eigenvalue weighted by atomic mass is 11.8. The third-order valence-electron chi connectivity index (χ3n) is 1.10. The van der Waals surface area contributed by atoms with Gasteiger partial charge in [0.2, 0.25) is 0 Å². The summed E-state index contributed by atoms with van der Waals surface area (Å²) in [6.07, 6.45) is 0. The second-order valence-electron chi connectivity index (χ2n) is 5.83. The highest BCUT2D eigenvalue weighted by atomic mass is 31.0. The first-order chi connectivity index (χ1) is 6.41. The minimum absolute atomic E-state index is 1.43. The summed E-state index contributed by atoms with van der Waals surface area (Å²) < 4.78 is 12.2. The fourth-order valence-electron chi connectivity index (χ4n) is 1.50. The first-order valence-electron chi connectivity index (χ1n) is 5.39. The topological polar surface area (TPSA) is 18.5 Å². The summed E-state index contributed by atoms with van der Waals surface area (Å²) in [6.45, 7) is 19.5. The van der Waals surface area contributed by atoms with Gasteiger partial charge in [-0.2, -0.15) is 0 Å². The minimum Gasteiger partial charge on any atom is -0.437 e. The van der Waals surface area contributed by atoms with Gasteiger partial charge in [0.25, 0.3) is 0 Å². The van der Waals surface area contributed by atoms with E-state index in [-0.39, 0.29) is 0 Å². The van der Waals surface area contributed by atoms with Gasteiger partial charge in [-0.05, 0) is 52.4 Å². The van der Waals surface area contributed by atoms with Gasteiger partial charge in [-0.1, -0.05) is 6.66 Å². The quantitative estimate of drug-likeness (QED) is 0.576. The highest BCUT2D eigenvalue weighted by Gasteiger charge is 2.35. The number of hydrogen-bond acceptors (Lipinski definition) is 2. The van der Waals surface area contributed by atoms with Gasteiger partial charge in [0, 0.05) is 0 Å². The molecule has 0 spiro atoms.